The topological polar surface area (TPSA) is 58.1 Å². The number of alkyl halides is 6. The molecule has 0 unspecified atom stereocenters. The molecule has 4 rings (SSSR count). The second-order valence-corrected chi connectivity index (χ2v) is 9.07. The first-order valence-electron chi connectivity index (χ1n) is 9.26. The maximum absolute atomic E-state index is 13.7. The number of carbonyl (C=O) groups is 1. The molecule has 2 heterocycles. The lowest BCUT2D eigenvalue weighted by Crippen LogP contribution is -2.14. The number of hydrogen-bond donors (Lipinski definition) is 1. The number of thioether (sulfide) groups is 2. The van der Waals surface area contributed by atoms with Crippen LogP contribution in [0.4, 0.5) is 26.3 Å². The van der Waals surface area contributed by atoms with Gasteiger partial charge in [0.15, 0.2) is 0 Å². The van der Waals surface area contributed by atoms with E-state index >= 15 is 0 Å². The van der Waals surface area contributed by atoms with Crippen molar-refractivity contribution in [1.29, 1.82) is 0 Å². The summed E-state index contributed by atoms with van der Waals surface area (Å²) in [5.41, 5.74) is -1.80. The molecule has 1 aromatic heterocycles. The van der Waals surface area contributed by atoms with Gasteiger partial charge in [0, 0.05) is 5.39 Å². The van der Waals surface area contributed by atoms with E-state index < -0.39 is 35.8 Å². The molecule has 0 bridgehead atoms. The molecular weight excluding hydrogens is 488 g/mol. The molecule has 172 valence electrons. The summed E-state index contributed by atoms with van der Waals surface area (Å²) in [5.74, 6) is -0.605. The zero-order chi connectivity index (χ0) is 24.0. The highest BCUT2D eigenvalue weighted by Crippen LogP contribution is 2.42. The van der Waals surface area contributed by atoms with Crippen molar-refractivity contribution >= 4 is 50.3 Å². The number of fused-ring (bicyclic) bond motifs is 1. The molecular formula is C21H13F6N3OS2. The van der Waals surface area contributed by atoms with Crippen LogP contribution >= 0.6 is 23.5 Å². The van der Waals surface area contributed by atoms with Gasteiger partial charge < -0.3 is 0 Å². The minimum atomic E-state index is -5.02. The van der Waals surface area contributed by atoms with Crippen molar-refractivity contribution < 1.29 is 31.1 Å². The van der Waals surface area contributed by atoms with Gasteiger partial charge in [-0.25, -0.2) is 0 Å². The smallest absolute Gasteiger partial charge is 0.278 e. The molecule has 0 saturated heterocycles. The summed E-state index contributed by atoms with van der Waals surface area (Å²) in [7, 11) is 0. The standard InChI is InChI=1S/C21H13F6N3OS2/c1-32-19-29-18(31)17(33-19)14(10-3-5-16-12(6-10)9-28-30-16)7-11-2-4-13(20(22,23)24)8-15(11)21(25,26)27/h2-6,8-9H,7H2,1H3,(H,28,30). The zero-order valence-corrected chi connectivity index (χ0v) is 18.3. The van der Waals surface area contributed by atoms with Gasteiger partial charge in [-0.2, -0.15) is 36.4 Å². The summed E-state index contributed by atoms with van der Waals surface area (Å²) in [4.78, 5) is 16.6. The third kappa shape index (κ3) is 4.81. The maximum atomic E-state index is 13.7. The van der Waals surface area contributed by atoms with Crippen molar-refractivity contribution in [3.63, 3.8) is 0 Å². The highest BCUT2D eigenvalue weighted by molar-refractivity contribution is 8.41. The second-order valence-electron chi connectivity index (χ2n) is 7.01. The summed E-state index contributed by atoms with van der Waals surface area (Å²) < 4.78 is 80.8. The Kier molecular flexibility index (Phi) is 6.08. The molecule has 0 saturated carbocycles. The number of amides is 1. The fourth-order valence-corrected chi connectivity index (χ4v) is 4.88. The fourth-order valence-electron chi connectivity index (χ4n) is 3.37. The number of nitrogens with one attached hydrogen (secondary N) is 1. The van der Waals surface area contributed by atoms with Crippen LogP contribution in [-0.4, -0.2) is 26.7 Å². The van der Waals surface area contributed by atoms with Gasteiger partial charge in [0.2, 0.25) is 0 Å². The number of halogens is 6. The van der Waals surface area contributed by atoms with E-state index in [9.17, 15) is 31.1 Å². The largest absolute Gasteiger partial charge is 0.416 e. The molecule has 3 aromatic rings. The number of benzene rings is 2. The SMILES string of the molecule is CSC1=NC(=O)C(=C(Cc2ccc(C(F)(F)F)cc2C(F)(F)F)c2ccc3[nH]ncc3c2)S1. The lowest BCUT2D eigenvalue weighted by molar-refractivity contribution is -0.143. The average Bonchev–Trinajstić information content (AvgIpc) is 3.36. The van der Waals surface area contributed by atoms with Gasteiger partial charge in [-0.1, -0.05) is 23.9 Å². The summed E-state index contributed by atoms with van der Waals surface area (Å²) in [6.45, 7) is 0. The van der Waals surface area contributed by atoms with Crippen molar-refractivity contribution in [2.45, 2.75) is 18.8 Å². The van der Waals surface area contributed by atoms with E-state index in [1.807, 2.05) is 0 Å². The summed E-state index contributed by atoms with van der Waals surface area (Å²) in [6.07, 6.45) is -7.13. The Labute approximate surface area is 191 Å². The predicted molar refractivity (Wildman–Crippen MR) is 117 cm³/mol. The molecule has 1 amide bonds. The number of hydrogen-bond acceptors (Lipinski definition) is 4. The van der Waals surface area contributed by atoms with Gasteiger partial charge in [0.05, 0.1) is 27.7 Å². The van der Waals surface area contributed by atoms with Gasteiger partial charge in [0.1, 0.15) is 4.38 Å². The van der Waals surface area contributed by atoms with Gasteiger partial charge in [-0.3, -0.25) is 9.89 Å². The van der Waals surface area contributed by atoms with Gasteiger partial charge in [-0.05, 0) is 53.6 Å². The van der Waals surface area contributed by atoms with Crippen LogP contribution in [0.2, 0.25) is 0 Å². The quantitative estimate of drug-likeness (QED) is 0.327. The van der Waals surface area contributed by atoms with Crippen molar-refractivity contribution in [2.24, 2.45) is 4.99 Å². The van der Waals surface area contributed by atoms with Gasteiger partial charge >= 0.3 is 12.4 Å². The molecule has 0 radical (unpaired) electrons. The lowest BCUT2D eigenvalue weighted by atomic mass is 9.92. The number of aromatic amines is 1. The highest BCUT2D eigenvalue weighted by atomic mass is 32.2. The Bertz CT molecular complexity index is 1310. The number of aromatic nitrogens is 2. The minimum Gasteiger partial charge on any atom is -0.278 e. The molecule has 1 N–H and O–H groups in total. The number of carbonyl (C=O) groups excluding carboxylic acids is 1. The predicted octanol–water partition coefficient (Wildman–Crippen LogP) is 6.55. The molecule has 1 aliphatic heterocycles. The van der Waals surface area contributed by atoms with Crippen LogP contribution in [0.3, 0.4) is 0 Å². The van der Waals surface area contributed by atoms with Crippen molar-refractivity contribution in [1.82, 2.24) is 10.2 Å². The Hall–Kier alpha value is -2.73. The lowest BCUT2D eigenvalue weighted by Gasteiger charge is -2.18. The van der Waals surface area contributed by atoms with E-state index in [0.717, 1.165) is 17.8 Å². The van der Waals surface area contributed by atoms with E-state index in [4.69, 9.17) is 0 Å². The van der Waals surface area contributed by atoms with E-state index in [1.54, 1.807) is 24.5 Å². The van der Waals surface area contributed by atoms with Crippen LogP contribution in [0.25, 0.3) is 16.5 Å². The molecule has 0 spiro atoms. The Balaban J connectivity index is 1.87. The third-order valence-electron chi connectivity index (χ3n) is 4.92. The zero-order valence-electron chi connectivity index (χ0n) is 16.6. The van der Waals surface area contributed by atoms with E-state index in [1.165, 1.54) is 18.0 Å². The first-order chi connectivity index (χ1) is 15.5. The molecule has 2 aromatic carbocycles. The van der Waals surface area contributed by atoms with Gasteiger partial charge in [-0.15, -0.1) is 11.8 Å². The second kappa shape index (κ2) is 8.56. The van der Waals surface area contributed by atoms with Crippen LogP contribution in [-0.2, 0) is 23.6 Å². The summed E-state index contributed by atoms with van der Waals surface area (Å²) in [6, 6.07) is 6.46. The molecule has 0 atom stereocenters. The number of allylic oxidation sites excluding steroid dienone is 1. The van der Waals surface area contributed by atoms with Crippen molar-refractivity contribution in [3.8, 4) is 0 Å². The Morgan fingerprint density at radius 1 is 1.06 bits per heavy atom. The maximum Gasteiger partial charge on any atom is 0.416 e. The third-order valence-corrected chi connectivity index (χ3v) is 7.01. The van der Waals surface area contributed by atoms with Gasteiger partial charge in [0.25, 0.3) is 5.91 Å². The van der Waals surface area contributed by atoms with Crippen LogP contribution in [0.1, 0.15) is 22.3 Å². The number of rotatable bonds is 3. The molecule has 33 heavy (non-hydrogen) atoms. The average molecular weight is 501 g/mol. The number of nitrogens with zero attached hydrogens (tertiary/aromatic N) is 2. The van der Waals surface area contributed by atoms with Crippen LogP contribution < -0.4 is 0 Å². The normalized spacial score (nSPS) is 16.5. The van der Waals surface area contributed by atoms with Crippen molar-refractivity contribution in [2.75, 3.05) is 6.26 Å². The summed E-state index contributed by atoms with van der Waals surface area (Å²) in [5, 5.41) is 7.33. The van der Waals surface area contributed by atoms with Crippen LogP contribution in [0, 0.1) is 0 Å². The van der Waals surface area contributed by atoms with E-state index in [2.05, 4.69) is 15.2 Å². The first-order valence-corrected chi connectivity index (χ1v) is 11.3. The van der Waals surface area contributed by atoms with Crippen LogP contribution in [0.5, 0.6) is 0 Å². The molecule has 4 nitrogen and oxygen atoms in total. The van der Waals surface area contributed by atoms with Crippen LogP contribution in [0.15, 0.2) is 52.5 Å². The molecule has 0 aliphatic carbocycles. The molecule has 12 heteroatoms. The van der Waals surface area contributed by atoms with E-state index in [0.29, 0.717) is 26.9 Å². The Morgan fingerprint density at radius 2 is 1.82 bits per heavy atom. The summed E-state index contributed by atoms with van der Waals surface area (Å²) >= 11 is 2.24. The monoisotopic (exact) mass is 501 g/mol. The molecule has 0 fully saturated rings. The first kappa shape index (κ1) is 23.4. The van der Waals surface area contributed by atoms with Crippen molar-refractivity contribution in [3.05, 3.63) is 69.8 Å². The minimum absolute atomic E-state index is 0.102. The van der Waals surface area contributed by atoms with E-state index in [-0.39, 0.29) is 22.1 Å². The Morgan fingerprint density at radius 3 is 2.45 bits per heavy atom. The number of aliphatic imine (C=N–C) groups is 1. The highest BCUT2D eigenvalue weighted by Gasteiger charge is 2.38. The number of H-pyrrole nitrogens is 1. The fraction of sp³-hybridized carbons (Fsp3) is 0.190. The molecule has 1 aliphatic rings.